The highest BCUT2D eigenvalue weighted by molar-refractivity contribution is 7.73. The molecule has 0 aliphatic heterocycles. The maximum atomic E-state index is 11.9. The van der Waals surface area contributed by atoms with Crippen molar-refractivity contribution in [3.63, 3.8) is 0 Å². The van der Waals surface area contributed by atoms with Crippen LogP contribution in [0.1, 0.15) is 0 Å². The Morgan fingerprint density at radius 1 is 0.317 bits per heavy atom. The van der Waals surface area contributed by atoms with Gasteiger partial charge in [0.05, 0.1) is 0 Å². The van der Waals surface area contributed by atoms with E-state index in [0.717, 1.165) is 0 Å². The smallest absolute Gasteiger partial charge is 0.355 e. The lowest BCUT2D eigenvalue weighted by molar-refractivity contribution is 0.152. The molecular formula is C6H26N2O25P8. The third-order valence-corrected chi connectivity index (χ3v) is 18.6. The van der Waals surface area contributed by atoms with Gasteiger partial charge in [0.2, 0.25) is 22.1 Å². The molecule has 0 bridgehead atoms. The molecule has 18 N–H and O–H groups in total. The molecule has 0 heterocycles. The Balaban J connectivity index is 0. The van der Waals surface area contributed by atoms with Gasteiger partial charge in [0.25, 0.3) is 0 Å². The van der Waals surface area contributed by atoms with Gasteiger partial charge in [-0.25, -0.2) is 0 Å². The van der Waals surface area contributed by atoms with E-state index in [9.17, 15) is 115 Å². The summed E-state index contributed by atoms with van der Waals surface area (Å²) >= 11 is 0. The average Bonchev–Trinajstić information content (AvgIpc) is 2.48. The molecule has 0 spiro atoms. The minimum Gasteiger partial charge on any atom is -0.412 e. The van der Waals surface area contributed by atoms with Crippen molar-refractivity contribution in [2.24, 2.45) is 0 Å². The molecule has 0 aliphatic rings. The first-order valence-corrected chi connectivity index (χ1v) is 22.3. The SMILES string of the molecule is O.O=P(O)(O)C(N(CCN(C(P(=O)(O)O)P(=O)(O)O)C(P(=O)(O)O)P(=O)(O)O)C(P(=O)(O)O)P(=O)(O)O)P(=O)(O)O. The molecule has 0 aliphatic carbocycles. The second-order valence-corrected chi connectivity index (χ2v) is 22.5. The lowest BCUT2D eigenvalue weighted by atomic mass is 10.5. The van der Waals surface area contributed by atoms with Crippen LogP contribution in [-0.4, -0.2) is 129 Å². The minimum absolute atomic E-state index is 0. The Morgan fingerprint density at radius 2 is 0.415 bits per heavy atom. The summed E-state index contributed by atoms with van der Waals surface area (Å²) in [4.78, 5) is 149. The zero-order valence-corrected chi connectivity index (χ0v) is 26.3. The topological polar surface area (TPSA) is 498 Å². The third kappa shape index (κ3) is 12.8. The maximum absolute atomic E-state index is 11.9. The van der Waals surface area contributed by atoms with Gasteiger partial charge in [-0.05, 0) is 0 Å². The maximum Gasteiger partial charge on any atom is 0.355 e. The van der Waals surface area contributed by atoms with Crippen LogP contribution in [0.15, 0.2) is 0 Å². The van der Waals surface area contributed by atoms with Crippen molar-refractivity contribution < 1.29 is 120 Å². The predicted molar refractivity (Wildman–Crippen MR) is 129 cm³/mol. The highest BCUT2D eigenvalue weighted by atomic mass is 31.3. The van der Waals surface area contributed by atoms with Crippen molar-refractivity contribution >= 4 is 60.8 Å². The van der Waals surface area contributed by atoms with Crippen molar-refractivity contribution in [2.45, 2.75) is 22.1 Å². The number of nitrogens with zero attached hydrogens (tertiary/aromatic N) is 2. The van der Waals surface area contributed by atoms with Crippen molar-refractivity contribution in [3.8, 4) is 0 Å². The molecule has 41 heavy (non-hydrogen) atoms. The van der Waals surface area contributed by atoms with Crippen LogP contribution in [0, 0.1) is 0 Å². The van der Waals surface area contributed by atoms with Crippen molar-refractivity contribution in [1.29, 1.82) is 0 Å². The molecule has 0 aromatic heterocycles. The quantitative estimate of drug-likeness (QED) is 0.0695. The molecule has 0 rings (SSSR count). The molecule has 0 saturated carbocycles. The molecule has 0 atom stereocenters. The predicted octanol–water partition coefficient (Wildman–Crippen LogP) is -4.68. The Kier molecular flexibility index (Phi) is 14.9. The van der Waals surface area contributed by atoms with E-state index in [1.165, 1.54) is 0 Å². The Hall–Kier alpha value is 1.08. The van der Waals surface area contributed by atoms with Gasteiger partial charge in [0, 0.05) is 13.1 Å². The number of hydrogen-bond acceptors (Lipinski definition) is 10. The highest BCUT2D eigenvalue weighted by Gasteiger charge is 2.61. The molecule has 27 nitrogen and oxygen atoms in total. The van der Waals surface area contributed by atoms with Gasteiger partial charge in [-0.15, -0.1) is 0 Å². The number of hydrogen-bond donors (Lipinski definition) is 16. The van der Waals surface area contributed by atoms with Crippen molar-refractivity contribution in [2.75, 3.05) is 13.1 Å². The number of rotatable bonds is 15. The van der Waals surface area contributed by atoms with Crippen molar-refractivity contribution in [1.82, 2.24) is 9.80 Å². The summed E-state index contributed by atoms with van der Waals surface area (Å²) in [5, 5.41) is 0. The van der Waals surface area contributed by atoms with Gasteiger partial charge in [-0.2, -0.15) is 0 Å². The van der Waals surface area contributed by atoms with E-state index >= 15 is 0 Å². The van der Waals surface area contributed by atoms with Gasteiger partial charge in [0.1, 0.15) is 0 Å². The first-order chi connectivity index (χ1) is 17.0. The summed E-state index contributed by atoms with van der Waals surface area (Å²) in [5.41, 5.74) is -15.9. The van der Waals surface area contributed by atoms with E-state index in [-0.39, 0.29) is 5.48 Å². The monoisotopic (exact) mass is 774 g/mol. The molecule has 0 saturated heterocycles. The second-order valence-electron chi connectivity index (χ2n) is 7.57. The molecule has 0 radical (unpaired) electrons. The van der Waals surface area contributed by atoms with Crippen LogP contribution in [0.4, 0.5) is 0 Å². The molecule has 0 aromatic rings. The fraction of sp³-hybridized carbons (Fsp3) is 1.00. The standard InChI is InChI=1S/C6H24N2O24P8.H2O/c9-33(10,11)3(34(12,13)14)7(4(35(15,16)17)36(18,19)20)1-2-8(5(37(21,22)23)38(24,25)26)6(39(27,28)29)40(30,31)32;/h3-6H,1-2H2,(H2,9,10,11)(H2,12,13,14)(H2,15,16,17)(H2,18,19,20)(H2,21,22,23)(H2,24,25,26)(H2,27,28,29)(H2,30,31,32);1H2. The summed E-state index contributed by atoms with van der Waals surface area (Å²) in [6.45, 7) is -4.54. The summed E-state index contributed by atoms with van der Waals surface area (Å²) < 4.78 is 95.0. The molecule has 250 valence electrons. The zero-order chi connectivity index (χ0) is 32.9. The first-order valence-electron chi connectivity index (χ1n) is 8.89. The molecular weight excluding hydrogens is 748 g/mol. The Labute approximate surface area is 226 Å². The van der Waals surface area contributed by atoms with Crippen LogP contribution >= 0.6 is 60.8 Å². The third-order valence-electron chi connectivity index (χ3n) is 4.21. The largest absolute Gasteiger partial charge is 0.412 e. The van der Waals surface area contributed by atoms with Crippen molar-refractivity contribution in [3.05, 3.63) is 0 Å². The molecule has 35 heteroatoms. The van der Waals surface area contributed by atoms with E-state index in [1.807, 2.05) is 0 Å². The summed E-state index contributed by atoms with van der Waals surface area (Å²) in [7, 11) is -52.3. The van der Waals surface area contributed by atoms with Crippen LogP contribution in [0.5, 0.6) is 0 Å². The molecule has 0 fully saturated rings. The van der Waals surface area contributed by atoms with Crippen LogP contribution in [0.25, 0.3) is 0 Å². The molecule has 0 aromatic carbocycles. The van der Waals surface area contributed by atoms with E-state index in [1.54, 1.807) is 0 Å². The van der Waals surface area contributed by atoms with Crippen LogP contribution in [-0.2, 0) is 36.5 Å². The van der Waals surface area contributed by atoms with Gasteiger partial charge >= 0.3 is 60.8 Å². The van der Waals surface area contributed by atoms with Crippen LogP contribution < -0.4 is 0 Å². The van der Waals surface area contributed by atoms with Gasteiger partial charge in [0.15, 0.2) is 0 Å². The Morgan fingerprint density at radius 3 is 0.488 bits per heavy atom. The normalized spacial score (nSPS) is 15.5. The van der Waals surface area contributed by atoms with Crippen LogP contribution in [0.3, 0.4) is 0 Å². The molecule has 0 amide bonds. The Bertz CT molecular complexity index is 1010. The summed E-state index contributed by atoms with van der Waals surface area (Å²) in [6.07, 6.45) is 0. The zero-order valence-electron chi connectivity index (χ0n) is 19.1. The highest BCUT2D eigenvalue weighted by Crippen LogP contribution is 2.71. The van der Waals surface area contributed by atoms with Gasteiger partial charge in [-0.1, -0.05) is 0 Å². The van der Waals surface area contributed by atoms with Crippen LogP contribution in [0.2, 0.25) is 0 Å². The van der Waals surface area contributed by atoms with Gasteiger partial charge in [-0.3, -0.25) is 46.3 Å². The molecule has 0 unspecified atom stereocenters. The van der Waals surface area contributed by atoms with E-state index in [4.69, 9.17) is 0 Å². The lowest BCUT2D eigenvalue weighted by Gasteiger charge is -2.41. The summed E-state index contributed by atoms with van der Waals surface area (Å²) in [5.74, 6) is 0. The fourth-order valence-electron chi connectivity index (χ4n) is 3.26. The lowest BCUT2D eigenvalue weighted by Crippen LogP contribution is -2.50. The summed E-state index contributed by atoms with van der Waals surface area (Å²) in [6, 6.07) is 0. The first kappa shape index (κ1) is 44.2. The van der Waals surface area contributed by atoms with E-state index in [2.05, 4.69) is 0 Å². The minimum atomic E-state index is -6.54. The van der Waals surface area contributed by atoms with E-state index < -0.39 is 106 Å². The second kappa shape index (κ2) is 13.8. The fourth-order valence-corrected chi connectivity index (χ4v) is 15.5. The van der Waals surface area contributed by atoms with E-state index in [0.29, 0.717) is 0 Å². The average molecular weight is 774 g/mol. The van der Waals surface area contributed by atoms with Gasteiger partial charge < -0.3 is 83.8 Å².